The van der Waals surface area contributed by atoms with Crippen molar-refractivity contribution in [2.45, 2.75) is 19.4 Å². The highest BCUT2D eigenvalue weighted by Crippen LogP contribution is 2.19. The maximum atomic E-state index is 12.2. The molecule has 19 heavy (non-hydrogen) atoms. The lowest BCUT2D eigenvalue weighted by atomic mass is 10.1. The van der Waals surface area contributed by atoms with Crippen molar-refractivity contribution in [3.8, 4) is 0 Å². The van der Waals surface area contributed by atoms with Gasteiger partial charge in [0.15, 0.2) is 0 Å². The van der Waals surface area contributed by atoms with Gasteiger partial charge >= 0.3 is 0 Å². The number of halogens is 1. The smallest absolute Gasteiger partial charge is 0.227 e. The van der Waals surface area contributed by atoms with Gasteiger partial charge in [-0.25, -0.2) is 0 Å². The molecule has 0 aliphatic carbocycles. The Bertz CT molecular complexity index is 592. The number of amides is 1. The molecular weight excluding hydrogens is 308 g/mol. The quantitative estimate of drug-likeness (QED) is 0.854. The predicted molar refractivity (Wildman–Crippen MR) is 73.5 cm³/mol. The van der Waals surface area contributed by atoms with E-state index in [1.807, 2.05) is 29.2 Å². The van der Waals surface area contributed by atoms with Crippen LogP contribution in [0, 0.1) is 0 Å². The molecule has 0 spiro atoms. The fourth-order valence-corrected chi connectivity index (χ4v) is 2.51. The highest BCUT2D eigenvalue weighted by atomic mass is 79.9. The third-order valence-corrected chi connectivity index (χ3v) is 3.85. The van der Waals surface area contributed by atoms with E-state index in [0.717, 1.165) is 27.8 Å². The average molecular weight is 321 g/mol. The second-order valence-electron chi connectivity index (χ2n) is 4.64. The molecule has 1 aliphatic rings. The lowest BCUT2D eigenvalue weighted by Crippen LogP contribution is -2.36. The maximum Gasteiger partial charge on any atom is 0.227 e. The number of aromatic nitrogens is 1. The monoisotopic (exact) mass is 320 g/mol. The van der Waals surface area contributed by atoms with E-state index in [0.29, 0.717) is 19.5 Å². The van der Waals surface area contributed by atoms with Crippen LogP contribution in [0.3, 0.4) is 0 Å². The van der Waals surface area contributed by atoms with Crippen LogP contribution in [0.1, 0.15) is 16.9 Å². The first kappa shape index (κ1) is 12.4. The van der Waals surface area contributed by atoms with Crippen molar-refractivity contribution >= 4 is 21.8 Å². The Hall–Kier alpha value is -1.62. The van der Waals surface area contributed by atoms with E-state index in [2.05, 4.69) is 21.1 Å². The summed E-state index contributed by atoms with van der Waals surface area (Å²) in [5.41, 5.74) is 2.06. The molecule has 1 aromatic heterocycles. The minimum atomic E-state index is 0.147. The molecule has 3 rings (SSSR count). The molecular formula is C14H13BrN2O2. The van der Waals surface area contributed by atoms with Gasteiger partial charge in [0.25, 0.3) is 0 Å². The highest BCUT2D eigenvalue weighted by Gasteiger charge is 2.23. The first-order valence-electron chi connectivity index (χ1n) is 6.17. The fourth-order valence-electron chi connectivity index (χ4n) is 2.24. The average Bonchev–Trinajstić information content (AvgIpc) is 2.88. The summed E-state index contributed by atoms with van der Waals surface area (Å²) in [4.78, 5) is 14.1. The Labute approximate surface area is 119 Å². The Morgan fingerprint density at radius 1 is 1.37 bits per heavy atom. The van der Waals surface area contributed by atoms with Crippen molar-refractivity contribution in [3.05, 3.63) is 51.8 Å². The molecule has 0 radical (unpaired) electrons. The molecule has 5 heteroatoms. The van der Waals surface area contributed by atoms with Crippen molar-refractivity contribution in [1.29, 1.82) is 0 Å². The summed E-state index contributed by atoms with van der Waals surface area (Å²) in [6.45, 7) is 1.31. The van der Waals surface area contributed by atoms with Gasteiger partial charge in [-0.05, 0) is 17.7 Å². The molecule has 0 atom stereocenters. The first-order valence-corrected chi connectivity index (χ1v) is 6.96. The van der Waals surface area contributed by atoms with E-state index < -0.39 is 0 Å². The number of fused-ring (bicyclic) bond motifs is 1. The van der Waals surface area contributed by atoms with Crippen molar-refractivity contribution in [3.63, 3.8) is 0 Å². The molecule has 98 valence electrons. The van der Waals surface area contributed by atoms with Crippen LogP contribution in [-0.4, -0.2) is 22.5 Å². The zero-order valence-corrected chi connectivity index (χ0v) is 11.9. The van der Waals surface area contributed by atoms with Crippen LogP contribution in [0.2, 0.25) is 0 Å². The minimum absolute atomic E-state index is 0.147. The Morgan fingerprint density at radius 2 is 2.16 bits per heavy atom. The normalized spacial score (nSPS) is 14.3. The predicted octanol–water partition coefficient (Wildman–Crippen LogP) is 2.56. The van der Waals surface area contributed by atoms with E-state index in [1.165, 1.54) is 0 Å². The Balaban J connectivity index is 1.67. The second-order valence-corrected chi connectivity index (χ2v) is 5.56. The summed E-state index contributed by atoms with van der Waals surface area (Å²) < 4.78 is 6.15. The number of carbonyl (C=O) groups excluding carboxylic acids is 1. The number of hydrogen-bond acceptors (Lipinski definition) is 3. The van der Waals surface area contributed by atoms with E-state index in [-0.39, 0.29) is 5.91 Å². The molecule has 0 N–H and O–H groups in total. The number of benzene rings is 1. The summed E-state index contributed by atoms with van der Waals surface area (Å²) in [7, 11) is 0. The van der Waals surface area contributed by atoms with Crippen molar-refractivity contribution in [1.82, 2.24) is 10.1 Å². The van der Waals surface area contributed by atoms with E-state index in [4.69, 9.17) is 4.52 Å². The maximum absolute atomic E-state index is 12.2. The SMILES string of the molecule is O=C(Cc1ccc(Br)cc1)N1CCc2oncc2C1. The Kier molecular flexibility index (Phi) is 3.38. The van der Waals surface area contributed by atoms with Gasteiger partial charge in [-0.3, -0.25) is 4.79 Å². The molecule has 0 saturated heterocycles. The number of rotatable bonds is 2. The van der Waals surface area contributed by atoms with Gasteiger partial charge in [-0.15, -0.1) is 0 Å². The summed E-state index contributed by atoms with van der Waals surface area (Å²) in [6, 6.07) is 7.85. The second kappa shape index (κ2) is 5.17. The molecule has 1 amide bonds. The molecule has 1 aliphatic heterocycles. The first-order chi connectivity index (χ1) is 9.22. The third kappa shape index (κ3) is 2.71. The van der Waals surface area contributed by atoms with Gasteiger partial charge in [0.05, 0.1) is 19.2 Å². The van der Waals surface area contributed by atoms with Gasteiger partial charge < -0.3 is 9.42 Å². The molecule has 2 aromatic rings. The van der Waals surface area contributed by atoms with Gasteiger partial charge in [0, 0.05) is 23.0 Å². The molecule has 0 saturated carbocycles. The van der Waals surface area contributed by atoms with Crippen LogP contribution in [0.25, 0.3) is 0 Å². The van der Waals surface area contributed by atoms with Gasteiger partial charge in [-0.1, -0.05) is 33.2 Å². The summed E-state index contributed by atoms with van der Waals surface area (Å²) >= 11 is 3.39. The number of carbonyl (C=O) groups is 1. The zero-order valence-electron chi connectivity index (χ0n) is 10.3. The van der Waals surface area contributed by atoms with Crippen LogP contribution in [0.4, 0.5) is 0 Å². The van der Waals surface area contributed by atoms with E-state index >= 15 is 0 Å². The van der Waals surface area contributed by atoms with Crippen LogP contribution in [0.5, 0.6) is 0 Å². The van der Waals surface area contributed by atoms with Crippen molar-refractivity contribution in [2.24, 2.45) is 0 Å². The van der Waals surface area contributed by atoms with Gasteiger partial charge in [-0.2, -0.15) is 0 Å². The fraction of sp³-hybridized carbons (Fsp3) is 0.286. The van der Waals surface area contributed by atoms with E-state index in [9.17, 15) is 4.79 Å². The molecule has 4 nitrogen and oxygen atoms in total. The molecule has 0 fully saturated rings. The summed E-state index contributed by atoms with van der Waals surface area (Å²) in [6.07, 6.45) is 2.89. The summed E-state index contributed by atoms with van der Waals surface area (Å²) in [5, 5.41) is 3.77. The van der Waals surface area contributed by atoms with Crippen molar-refractivity contribution in [2.75, 3.05) is 6.54 Å². The highest BCUT2D eigenvalue weighted by molar-refractivity contribution is 9.10. The van der Waals surface area contributed by atoms with Crippen LogP contribution in [-0.2, 0) is 24.2 Å². The summed E-state index contributed by atoms with van der Waals surface area (Å²) in [5.74, 6) is 1.06. The largest absolute Gasteiger partial charge is 0.361 e. The number of nitrogens with zero attached hydrogens (tertiary/aromatic N) is 2. The molecule has 0 bridgehead atoms. The minimum Gasteiger partial charge on any atom is -0.361 e. The standard InChI is InChI=1S/C14H13BrN2O2/c15-12-3-1-10(2-4-12)7-14(18)17-6-5-13-11(9-17)8-16-19-13/h1-4,8H,5-7,9H2. The van der Waals surface area contributed by atoms with Crippen LogP contribution < -0.4 is 0 Å². The van der Waals surface area contributed by atoms with Crippen molar-refractivity contribution < 1.29 is 9.32 Å². The zero-order chi connectivity index (χ0) is 13.2. The van der Waals surface area contributed by atoms with E-state index in [1.54, 1.807) is 6.20 Å². The third-order valence-electron chi connectivity index (χ3n) is 3.32. The van der Waals surface area contributed by atoms with Crippen LogP contribution in [0.15, 0.2) is 39.5 Å². The topological polar surface area (TPSA) is 46.3 Å². The lowest BCUT2D eigenvalue weighted by molar-refractivity contribution is -0.131. The van der Waals surface area contributed by atoms with Crippen LogP contribution >= 0.6 is 15.9 Å². The molecule has 0 unspecified atom stereocenters. The Morgan fingerprint density at radius 3 is 2.95 bits per heavy atom. The number of hydrogen-bond donors (Lipinski definition) is 0. The molecule has 2 heterocycles. The molecule has 1 aromatic carbocycles. The van der Waals surface area contributed by atoms with Gasteiger partial charge in [0.1, 0.15) is 5.76 Å². The lowest BCUT2D eigenvalue weighted by Gasteiger charge is -2.25. The van der Waals surface area contributed by atoms with Gasteiger partial charge in [0.2, 0.25) is 5.91 Å².